The predicted octanol–water partition coefficient (Wildman–Crippen LogP) is 1.89. The van der Waals surface area contributed by atoms with Gasteiger partial charge in [0, 0.05) is 26.2 Å². The number of ether oxygens (including phenoxy) is 1. The van der Waals surface area contributed by atoms with Crippen molar-refractivity contribution >= 4 is 33.2 Å². The number of hydrogen-bond acceptors (Lipinski definition) is 7. The fraction of sp³-hybridized carbons (Fsp3) is 0.412. The lowest BCUT2D eigenvalue weighted by Gasteiger charge is -2.33. The van der Waals surface area contributed by atoms with Gasteiger partial charge in [-0.3, -0.25) is 4.79 Å². The van der Waals surface area contributed by atoms with E-state index in [-0.39, 0.29) is 54.1 Å². The second-order valence-corrected chi connectivity index (χ2v) is 8.91. The van der Waals surface area contributed by atoms with Crippen LogP contribution in [0.3, 0.4) is 0 Å². The average molecular weight is 412 g/mol. The summed E-state index contributed by atoms with van der Waals surface area (Å²) in [6.07, 6.45) is 0. The molecule has 10 heteroatoms. The van der Waals surface area contributed by atoms with Crippen molar-refractivity contribution in [2.24, 2.45) is 0 Å². The standard InChI is InChI=1S/C17H20N2O6S2/c1-11-14(17(21)24-3)15(12(2)25-11)27(22,23)19-8-6-18(7-9-19)16(20)13-5-4-10-26-13/h4-5,10H,6-9H2,1-3H3. The molecule has 2 aromatic heterocycles. The molecular weight excluding hydrogens is 392 g/mol. The van der Waals surface area contributed by atoms with E-state index >= 15 is 0 Å². The molecule has 1 saturated heterocycles. The number of carbonyl (C=O) groups excluding carboxylic acids is 2. The first-order valence-corrected chi connectivity index (χ1v) is 10.6. The van der Waals surface area contributed by atoms with Crippen LogP contribution in [0.25, 0.3) is 0 Å². The van der Waals surface area contributed by atoms with Gasteiger partial charge in [-0.05, 0) is 25.3 Å². The third-order valence-corrected chi connectivity index (χ3v) is 7.36. The number of piperazine rings is 1. The van der Waals surface area contributed by atoms with Crippen LogP contribution in [0.2, 0.25) is 0 Å². The molecule has 3 heterocycles. The molecule has 1 aliphatic rings. The zero-order chi connectivity index (χ0) is 19.8. The van der Waals surface area contributed by atoms with Crippen LogP contribution in [0.1, 0.15) is 31.6 Å². The Morgan fingerprint density at radius 3 is 2.37 bits per heavy atom. The van der Waals surface area contributed by atoms with Gasteiger partial charge in [-0.2, -0.15) is 4.31 Å². The quantitative estimate of drug-likeness (QED) is 0.712. The smallest absolute Gasteiger partial charge is 0.342 e. The highest BCUT2D eigenvalue weighted by molar-refractivity contribution is 7.89. The highest BCUT2D eigenvalue weighted by Crippen LogP contribution is 2.30. The van der Waals surface area contributed by atoms with Crippen molar-refractivity contribution in [3.8, 4) is 0 Å². The number of hydrogen-bond donors (Lipinski definition) is 0. The number of amides is 1. The number of furan rings is 1. The lowest BCUT2D eigenvalue weighted by Crippen LogP contribution is -2.50. The van der Waals surface area contributed by atoms with E-state index in [4.69, 9.17) is 9.15 Å². The van der Waals surface area contributed by atoms with E-state index in [0.717, 1.165) is 0 Å². The van der Waals surface area contributed by atoms with Gasteiger partial charge in [-0.15, -0.1) is 11.3 Å². The molecule has 0 radical (unpaired) electrons. The third kappa shape index (κ3) is 3.52. The van der Waals surface area contributed by atoms with Gasteiger partial charge in [0.25, 0.3) is 5.91 Å². The molecule has 8 nitrogen and oxygen atoms in total. The fourth-order valence-corrected chi connectivity index (χ4v) is 5.61. The van der Waals surface area contributed by atoms with E-state index < -0.39 is 16.0 Å². The molecule has 0 saturated carbocycles. The number of aryl methyl sites for hydroxylation is 2. The van der Waals surface area contributed by atoms with Crippen LogP contribution in [-0.4, -0.2) is 62.8 Å². The maximum Gasteiger partial charge on any atom is 0.342 e. The first-order chi connectivity index (χ1) is 12.8. The van der Waals surface area contributed by atoms with Crippen molar-refractivity contribution in [1.29, 1.82) is 0 Å². The molecular formula is C17H20N2O6S2. The molecule has 0 unspecified atom stereocenters. The summed E-state index contributed by atoms with van der Waals surface area (Å²) in [6.45, 7) is 3.87. The summed E-state index contributed by atoms with van der Waals surface area (Å²) >= 11 is 1.35. The Balaban J connectivity index is 1.82. The molecule has 27 heavy (non-hydrogen) atoms. The highest BCUT2D eigenvalue weighted by atomic mass is 32.2. The first-order valence-electron chi connectivity index (χ1n) is 8.28. The summed E-state index contributed by atoms with van der Waals surface area (Å²) in [7, 11) is -2.77. The molecule has 0 atom stereocenters. The molecule has 146 valence electrons. The molecule has 0 spiro atoms. The normalized spacial score (nSPS) is 15.7. The summed E-state index contributed by atoms with van der Waals surface area (Å²) in [5, 5.41) is 1.83. The van der Waals surface area contributed by atoms with Crippen molar-refractivity contribution in [1.82, 2.24) is 9.21 Å². The number of thiophene rings is 1. The topological polar surface area (TPSA) is 97.1 Å². The van der Waals surface area contributed by atoms with Gasteiger partial charge >= 0.3 is 5.97 Å². The monoisotopic (exact) mass is 412 g/mol. The van der Waals surface area contributed by atoms with E-state index in [1.165, 1.54) is 36.6 Å². The summed E-state index contributed by atoms with van der Waals surface area (Å²) in [6, 6.07) is 3.55. The summed E-state index contributed by atoms with van der Waals surface area (Å²) in [5.41, 5.74) is -0.0768. The van der Waals surface area contributed by atoms with E-state index in [1.54, 1.807) is 17.0 Å². The van der Waals surface area contributed by atoms with Gasteiger partial charge in [0.15, 0.2) is 0 Å². The zero-order valence-corrected chi connectivity index (χ0v) is 16.9. The summed E-state index contributed by atoms with van der Waals surface area (Å²) < 4.78 is 37.6. The minimum absolute atomic E-state index is 0.0768. The Kier molecular flexibility index (Phi) is 5.41. The van der Waals surface area contributed by atoms with Gasteiger partial charge in [0.2, 0.25) is 10.0 Å². The average Bonchev–Trinajstić information content (AvgIpc) is 3.28. The van der Waals surface area contributed by atoms with E-state index in [1.807, 2.05) is 5.38 Å². The Labute approximate surface area is 161 Å². The first kappa shape index (κ1) is 19.6. The summed E-state index contributed by atoms with van der Waals surface area (Å²) in [4.78, 5) is 26.6. The Morgan fingerprint density at radius 2 is 1.81 bits per heavy atom. The number of sulfonamides is 1. The van der Waals surface area contributed by atoms with Crippen LogP contribution in [0.4, 0.5) is 0 Å². The third-order valence-electron chi connectivity index (χ3n) is 4.45. The Hall–Kier alpha value is -2.17. The number of nitrogens with zero attached hydrogens (tertiary/aromatic N) is 2. The molecule has 0 N–H and O–H groups in total. The zero-order valence-electron chi connectivity index (χ0n) is 15.2. The Bertz CT molecular complexity index is 954. The number of methoxy groups -OCH3 is 1. The van der Waals surface area contributed by atoms with Gasteiger partial charge in [-0.25, -0.2) is 13.2 Å². The van der Waals surface area contributed by atoms with Gasteiger partial charge < -0.3 is 14.1 Å². The lowest BCUT2D eigenvalue weighted by molar-refractivity contribution is 0.0594. The van der Waals surface area contributed by atoms with E-state index in [0.29, 0.717) is 4.88 Å². The van der Waals surface area contributed by atoms with Crippen LogP contribution >= 0.6 is 11.3 Å². The minimum Gasteiger partial charge on any atom is -0.465 e. The van der Waals surface area contributed by atoms with E-state index in [9.17, 15) is 18.0 Å². The second-order valence-electron chi connectivity index (χ2n) is 6.08. The molecule has 1 aliphatic heterocycles. The number of esters is 1. The van der Waals surface area contributed by atoms with Crippen molar-refractivity contribution < 1.29 is 27.2 Å². The Morgan fingerprint density at radius 1 is 1.15 bits per heavy atom. The molecule has 0 aromatic carbocycles. The fourth-order valence-electron chi connectivity index (χ4n) is 3.13. The van der Waals surface area contributed by atoms with Crippen LogP contribution in [0, 0.1) is 13.8 Å². The van der Waals surface area contributed by atoms with Gasteiger partial charge in [-0.1, -0.05) is 6.07 Å². The van der Waals surface area contributed by atoms with Crippen molar-refractivity contribution in [2.75, 3.05) is 33.3 Å². The highest BCUT2D eigenvalue weighted by Gasteiger charge is 2.37. The molecule has 0 bridgehead atoms. The maximum atomic E-state index is 13.1. The van der Waals surface area contributed by atoms with Gasteiger partial charge in [0.1, 0.15) is 22.0 Å². The largest absolute Gasteiger partial charge is 0.465 e. The molecule has 1 fully saturated rings. The second kappa shape index (κ2) is 7.45. The summed E-state index contributed by atoms with van der Waals surface area (Å²) in [5.74, 6) is -0.517. The van der Waals surface area contributed by atoms with Crippen molar-refractivity contribution in [2.45, 2.75) is 18.7 Å². The maximum absolute atomic E-state index is 13.1. The van der Waals surface area contributed by atoms with Crippen molar-refractivity contribution in [3.05, 3.63) is 39.5 Å². The number of rotatable bonds is 4. The number of carbonyl (C=O) groups is 2. The van der Waals surface area contributed by atoms with Crippen LogP contribution in [-0.2, 0) is 14.8 Å². The molecule has 1 amide bonds. The molecule has 0 aliphatic carbocycles. The SMILES string of the molecule is COC(=O)c1c(C)oc(C)c1S(=O)(=O)N1CCN(C(=O)c2cccs2)CC1. The lowest BCUT2D eigenvalue weighted by atomic mass is 10.2. The minimum atomic E-state index is -3.96. The van der Waals surface area contributed by atoms with Crippen molar-refractivity contribution in [3.63, 3.8) is 0 Å². The van der Waals surface area contributed by atoms with Crippen LogP contribution < -0.4 is 0 Å². The van der Waals surface area contributed by atoms with Crippen LogP contribution in [0.5, 0.6) is 0 Å². The molecule has 3 rings (SSSR count). The van der Waals surface area contributed by atoms with E-state index in [2.05, 4.69) is 0 Å². The predicted molar refractivity (Wildman–Crippen MR) is 98.5 cm³/mol. The van der Waals surface area contributed by atoms with Crippen LogP contribution in [0.15, 0.2) is 26.8 Å². The molecule has 2 aromatic rings. The van der Waals surface area contributed by atoms with Gasteiger partial charge in [0.05, 0.1) is 12.0 Å².